The van der Waals surface area contributed by atoms with Crippen LogP contribution in [0.3, 0.4) is 0 Å². The molecule has 0 aromatic rings. The number of rotatable bonds is 8. The Morgan fingerprint density at radius 3 is 0.958 bits per heavy atom. The molecule has 12 heteroatoms. The van der Waals surface area contributed by atoms with E-state index in [9.17, 15) is 52.7 Å². The fourth-order valence-electron chi connectivity index (χ4n) is 0.784. The van der Waals surface area contributed by atoms with Gasteiger partial charge in [-0.15, -0.1) is 0 Å². The number of alkyl halides is 12. The standard InChI is InChI=1S/3C4H6F4/c1-4(7,8)2-3(5)6;2*5-2-3(6)1-4(7)8/h3H,2H2,1H3;2*3-4H,1-2H2. The van der Waals surface area contributed by atoms with E-state index in [1.165, 1.54) is 0 Å². The molecule has 0 saturated carbocycles. The molecule has 0 rings (SSSR count). The van der Waals surface area contributed by atoms with E-state index in [0.29, 0.717) is 6.92 Å². The lowest BCUT2D eigenvalue weighted by atomic mass is 10.3. The molecule has 150 valence electrons. The maximum absolute atomic E-state index is 11.5. The molecule has 2 atom stereocenters. The number of hydrogen-bond donors (Lipinski definition) is 0. The van der Waals surface area contributed by atoms with Gasteiger partial charge < -0.3 is 0 Å². The van der Waals surface area contributed by atoms with Crippen LogP contribution in [0.5, 0.6) is 0 Å². The lowest BCUT2D eigenvalue weighted by Gasteiger charge is -2.06. The van der Waals surface area contributed by atoms with Gasteiger partial charge >= 0.3 is 0 Å². The van der Waals surface area contributed by atoms with Gasteiger partial charge in [0.1, 0.15) is 25.7 Å². The van der Waals surface area contributed by atoms with Crippen LogP contribution in [0.25, 0.3) is 0 Å². The van der Waals surface area contributed by atoms with E-state index in [1.807, 2.05) is 0 Å². The van der Waals surface area contributed by atoms with Crippen LogP contribution >= 0.6 is 0 Å². The smallest absolute Gasteiger partial charge is 0.248 e. The molecule has 0 fully saturated rings. The third kappa shape index (κ3) is 32.9. The van der Waals surface area contributed by atoms with Gasteiger partial charge in [-0.1, -0.05) is 0 Å². The van der Waals surface area contributed by atoms with Crippen LogP contribution in [0.15, 0.2) is 0 Å². The monoisotopic (exact) mass is 390 g/mol. The summed E-state index contributed by atoms with van der Waals surface area (Å²) < 4.78 is 134. The molecule has 0 aliphatic rings. The van der Waals surface area contributed by atoms with Crippen molar-refractivity contribution in [1.29, 1.82) is 0 Å². The lowest BCUT2D eigenvalue weighted by molar-refractivity contribution is -0.0381. The van der Waals surface area contributed by atoms with Crippen LogP contribution in [0.4, 0.5) is 52.7 Å². The summed E-state index contributed by atoms with van der Waals surface area (Å²) in [6, 6.07) is 0. The average molecular weight is 390 g/mol. The topological polar surface area (TPSA) is 0 Å². The van der Waals surface area contributed by atoms with Crippen LogP contribution in [0.1, 0.15) is 26.2 Å². The molecule has 2 unspecified atom stereocenters. The van der Waals surface area contributed by atoms with Crippen LogP contribution in [0.2, 0.25) is 0 Å². The van der Waals surface area contributed by atoms with Crippen molar-refractivity contribution in [3.8, 4) is 0 Å². The van der Waals surface area contributed by atoms with Gasteiger partial charge in [0.2, 0.25) is 19.3 Å². The van der Waals surface area contributed by atoms with Crippen LogP contribution in [-0.4, -0.2) is 50.9 Å². The Labute approximate surface area is 131 Å². The molecule has 24 heavy (non-hydrogen) atoms. The lowest BCUT2D eigenvalue weighted by Crippen LogP contribution is -2.13. The van der Waals surface area contributed by atoms with Gasteiger partial charge in [-0.25, -0.2) is 52.7 Å². The molecular weight excluding hydrogens is 372 g/mol. The third-order valence-corrected chi connectivity index (χ3v) is 1.72. The highest BCUT2D eigenvalue weighted by molar-refractivity contribution is 4.58. The Kier molecular flexibility index (Phi) is 18.3. The minimum Gasteiger partial charge on any atom is -0.248 e. The van der Waals surface area contributed by atoms with Crippen molar-refractivity contribution in [2.24, 2.45) is 0 Å². The van der Waals surface area contributed by atoms with E-state index in [1.54, 1.807) is 0 Å². The first kappa shape index (κ1) is 28.0. The zero-order valence-corrected chi connectivity index (χ0v) is 12.5. The second-order valence-electron chi connectivity index (χ2n) is 4.42. The quantitative estimate of drug-likeness (QED) is 0.433. The summed E-state index contributed by atoms with van der Waals surface area (Å²) in [5, 5.41) is 0. The van der Waals surface area contributed by atoms with Gasteiger partial charge in [0.05, 0.1) is 6.42 Å². The molecule has 0 aromatic carbocycles. The molecule has 0 spiro atoms. The minimum absolute atomic E-state index is 0.471. The van der Waals surface area contributed by atoms with E-state index in [-0.39, 0.29) is 0 Å². The largest absolute Gasteiger partial charge is 0.250 e. The number of hydrogen-bond acceptors (Lipinski definition) is 0. The average Bonchev–Trinajstić information content (AvgIpc) is 2.35. The molecule has 0 bridgehead atoms. The summed E-state index contributed by atoms with van der Waals surface area (Å²) in [6.07, 6.45) is -15.7. The molecule has 0 heterocycles. The summed E-state index contributed by atoms with van der Waals surface area (Å²) in [4.78, 5) is 0. The van der Waals surface area contributed by atoms with Crippen molar-refractivity contribution in [2.45, 2.75) is 63.7 Å². The molecule has 0 radical (unpaired) electrons. The summed E-state index contributed by atoms with van der Waals surface area (Å²) >= 11 is 0. The van der Waals surface area contributed by atoms with E-state index in [0.717, 1.165) is 0 Å². The first-order valence-electron chi connectivity index (χ1n) is 6.37. The molecule has 0 aromatic heterocycles. The van der Waals surface area contributed by atoms with Crippen LogP contribution in [0, 0.1) is 0 Å². The van der Waals surface area contributed by atoms with Crippen molar-refractivity contribution < 1.29 is 52.7 Å². The highest BCUT2D eigenvalue weighted by atomic mass is 19.3. The van der Waals surface area contributed by atoms with E-state index < -0.39 is 70.2 Å². The van der Waals surface area contributed by atoms with Gasteiger partial charge in [0.15, 0.2) is 0 Å². The van der Waals surface area contributed by atoms with Crippen molar-refractivity contribution >= 4 is 0 Å². The van der Waals surface area contributed by atoms with Crippen LogP contribution in [-0.2, 0) is 0 Å². The predicted octanol–water partition coefficient (Wildman–Crippen LogP) is 6.20. The van der Waals surface area contributed by atoms with Crippen molar-refractivity contribution in [2.75, 3.05) is 13.3 Å². The third-order valence-electron chi connectivity index (χ3n) is 1.72. The second-order valence-corrected chi connectivity index (χ2v) is 4.42. The van der Waals surface area contributed by atoms with Crippen molar-refractivity contribution in [3.05, 3.63) is 0 Å². The van der Waals surface area contributed by atoms with Crippen molar-refractivity contribution in [1.82, 2.24) is 0 Å². The summed E-state index contributed by atoms with van der Waals surface area (Å²) in [6.45, 7) is -2.16. The SMILES string of the molecule is CC(F)(F)CC(F)F.FCC(F)CC(F)F.FCC(F)CC(F)F. The Bertz CT molecular complexity index is 237. The molecule has 0 nitrogen and oxygen atoms in total. The molecule has 0 N–H and O–H groups in total. The molecule has 0 aliphatic carbocycles. The highest BCUT2D eigenvalue weighted by Gasteiger charge is 2.26. The van der Waals surface area contributed by atoms with Gasteiger partial charge in [0, 0.05) is 12.8 Å². The van der Waals surface area contributed by atoms with Crippen LogP contribution < -0.4 is 0 Å². The Balaban J connectivity index is -0.000000276. The predicted molar refractivity (Wildman–Crippen MR) is 64.2 cm³/mol. The van der Waals surface area contributed by atoms with E-state index in [2.05, 4.69) is 0 Å². The van der Waals surface area contributed by atoms with E-state index in [4.69, 9.17) is 0 Å². The van der Waals surface area contributed by atoms with Gasteiger partial charge in [-0.05, 0) is 6.92 Å². The maximum Gasteiger partial charge on any atom is 0.250 e. The maximum atomic E-state index is 11.5. The second kappa shape index (κ2) is 15.7. The van der Waals surface area contributed by atoms with E-state index >= 15 is 0 Å². The van der Waals surface area contributed by atoms with Gasteiger partial charge in [-0.3, -0.25) is 0 Å². The Morgan fingerprint density at radius 2 is 0.917 bits per heavy atom. The molecule has 0 amide bonds. The Hall–Kier alpha value is -0.840. The van der Waals surface area contributed by atoms with Gasteiger partial charge in [-0.2, -0.15) is 0 Å². The first-order valence-corrected chi connectivity index (χ1v) is 6.37. The Morgan fingerprint density at radius 1 is 0.625 bits per heavy atom. The fourth-order valence-corrected chi connectivity index (χ4v) is 0.784. The number of halogens is 12. The fraction of sp³-hybridized carbons (Fsp3) is 1.00. The molecule has 0 saturated heterocycles. The molecule has 0 aliphatic heterocycles. The summed E-state index contributed by atoms with van der Waals surface area (Å²) in [5.74, 6) is -3.23. The van der Waals surface area contributed by atoms with Crippen molar-refractivity contribution in [3.63, 3.8) is 0 Å². The minimum atomic E-state index is -3.23. The zero-order valence-electron chi connectivity index (χ0n) is 12.5. The summed E-state index contributed by atoms with van der Waals surface area (Å²) in [5.41, 5.74) is 0. The first-order chi connectivity index (χ1) is 10.7. The highest BCUT2D eigenvalue weighted by Crippen LogP contribution is 2.20. The zero-order chi connectivity index (χ0) is 19.9. The molecular formula is C12H18F12. The normalized spacial score (nSPS) is 14.0. The van der Waals surface area contributed by atoms with Gasteiger partial charge in [0.25, 0.3) is 5.92 Å². The summed E-state index contributed by atoms with van der Waals surface area (Å²) in [7, 11) is 0.